The van der Waals surface area contributed by atoms with E-state index in [1.807, 2.05) is 4.90 Å². The van der Waals surface area contributed by atoms with Crippen LogP contribution >= 0.6 is 0 Å². The molecule has 2 aromatic carbocycles. The number of anilines is 1. The van der Waals surface area contributed by atoms with Gasteiger partial charge in [-0.15, -0.1) is 0 Å². The van der Waals surface area contributed by atoms with Crippen LogP contribution in [0.1, 0.15) is 12.0 Å². The molecule has 1 heterocycles. The zero-order valence-corrected chi connectivity index (χ0v) is 18.1. The highest BCUT2D eigenvalue weighted by Crippen LogP contribution is 2.30. The zero-order chi connectivity index (χ0) is 24.2. The quantitative estimate of drug-likeness (QED) is 0.476. The molecular weight excluding hydrogens is 465 g/mol. The monoisotopic (exact) mass is 486 g/mol. The molecule has 1 aliphatic heterocycles. The molecule has 13 heteroatoms. The molecule has 9 nitrogen and oxygen atoms in total. The van der Waals surface area contributed by atoms with Gasteiger partial charge in [0.15, 0.2) is 0 Å². The van der Waals surface area contributed by atoms with Crippen LogP contribution in [0.15, 0.2) is 53.4 Å². The third-order valence-corrected chi connectivity index (χ3v) is 7.02. The lowest BCUT2D eigenvalue weighted by Gasteiger charge is -2.33. The third kappa shape index (κ3) is 6.27. The normalized spacial score (nSPS) is 15.8. The molecule has 0 unspecified atom stereocenters. The Morgan fingerprint density at radius 1 is 1.06 bits per heavy atom. The fourth-order valence-electron chi connectivity index (χ4n) is 3.36. The van der Waals surface area contributed by atoms with E-state index >= 15 is 0 Å². The number of nitrogens with one attached hydrogen (secondary N) is 1. The van der Waals surface area contributed by atoms with Crippen LogP contribution in [0, 0.1) is 10.1 Å². The molecule has 0 spiro atoms. The van der Waals surface area contributed by atoms with Crippen LogP contribution in [-0.2, 0) is 21.0 Å². The molecule has 0 bridgehead atoms. The summed E-state index contributed by atoms with van der Waals surface area (Å²) in [6.45, 7) is 1.26. The maximum atomic E-state index is 12.8. The van der Waals surface area contributed by atoms with E-state index in [4.69, 9.17) is 0 Å². The van der Waals surface area contributed by atoms with E-state index in [1.165, 1.54) is 34.6 Å². The van der Waals surface area contributed by atoms with E-state index in [1.54, 1.807) is 0 Å². The molecule has 0 aliphatic carbocycles. The second-order valence-corrected chi connectivity index (χ2v) is 9.31. The van der Waals surface area contributed by atoms with E-state index in [0.717, 1.165) is 18.2 Å². The molecule has 1 N–H and O–H groups in total. The molecule has 1 aliphatic rings. The highest BCUT2D eigenvalue weighted by molar-refractivity contribution is 7.89. The number of carbonyl (C=O) groups excluding carboxylic acids is 1. The van der Waals surface area contributed by atoms with Crippen LogP contribution in [0.4, 0.5) is 24.5 Å². The fraction of sp³-hybridized carbons (Fsp3) is 0.350. The summed E-state index contributed by atoms with van der Waals surface area (Å²) in [5, 5.41) is 13.3. The van der Waals surface area contributed by atoms with Crippen molar-refractivity contribution in [2.45, 2.75) is 17.5 Å². The van der Waals surface area contributed by atoms with E-state index in [-0.39, 0.29) is 35.8 Å². The lowest BCUT2D eigenvalue weighted by Crippen LogP contribution is -2.49. The molecule has 1 amide bonds. The van der Waals surface area contributed by atoms with Crippen molar-refractivity contribution in [3.05, 3.63) is 64.2 Å². The van der Waals surface area contributed by atoms with Crippen molar-refractivity contribution < 1.29 is 31.3 Å². The highest BCUT2D eigenvalue weighted by atomic mass is 32.2. The average molecular weight is 486 g/mol. The lowest BCUT2D eigenvalue weighted by molar-refractivity contribution is -0.385. The number of nitro benzene ring substituents is 1. The number of alkyl halides is 3. The molecular formula is C20H21F3N4O5S. The van der Waals surface area contributed by atoms with Crippen molar-refractivity contribution in [2.75, 3.05) is 38.0 Å². The maximum Gasteiger partial charge on any atom is 0.416 e. The molecule has 1 saturated heterocycles. The molecule has 0 radical (unpaired) electrons. The van der Waals surface area contributed by atoms with Gasteiger partial charge in [-0.05, 0) is 24.3 Å². The van der Waals surface area contributed by atoms with Gasteiger partial charge in [0.2, 0.25) is 15.9 Å². The number of non-ortho nitro benzene ring substituents is 1. The first-order chi connectivity index (χ1) is 15.5. The van der Waals surface area contributed by atoms with E-state index in [9.17, 15) is 36.5 Å². The van der Waals surface area contributed by atoms with Gasteiger partial charge >= 0.3 is 6.18 Å². The Morgan fingerprint density at radius 3 is 2.36 bits per heavy atom. The Bertz CT molecular complexity index is 1130. The number of carbonyl (C=O) groups is 1. The summed E-state index contributed by atoms with van der Waals surface area (Å²) < 4.78 is 65.1. The topological polar surface area (TPSA) is 113 Å². The van der Waals surface area contributed by atoms with Crippen molar-refractivity contribution in [3.8, 4) is 0 Å². The van der Waals surface area contributed by atoms with E-state index in [0.29, 0.717) is 19.6 Å². The van der Waals surface area contributed by atoms with Crippen LogP contribution in [0.3, 0.4) is 0 Å². The number of hydrogen-bond donors (Lipinski definition) is 1. The second kappa shape index (κ2) is 9.85. The molecule has 0 saturated carbocycles. The van der Waals surface area contributed by atoms with Crippen molar-refractivity contribution in [3.63, 3.8) is 0 Å². The minimum absolute atomic E-state index is 0.0217. The van der Waals surface area contributed by atoms with Crippen molar-refractivity contribution in [1.29, 1.82) is 0 Å². The molecule has 3 rings (SSSR count). The van der Waals surface area contributed by atoms with Crippen LogP contribution in [0.5, 0.6) is 0 Å². The summed E-state index contributed by atoms with van der Waals surface area (Å²) >= 11 is 0. The summed E-state index contributed by atoms with van der Waals surface area (Å²) in [6, 6.07) is 9.18. The molecule has 2 aromatic rings. The van der Waals surface area contributed by atoms with Crippen molar-refractivity contribution in [2.24, 2.45) is 0 Å². The van der Waals surface area contributed by atoms with E-state index in [2.05, 4.69) is 5.32 Å². The van der Waals surface area contributed by atoms with Gasteiger partial charge in [0.1, 0.15) is 0 Å². The predicted octanol–water partition coefficient (Wildman–Crippen LogP) is 2.95. The average Bonchev–Trinajstić information content (AvgIpc) is 2.77. The van der Waals surface area contributed by atoms with Gasteiger partial charge in [0, 0.05) is 57.0 Å². The molecule has 178 valence electrons. The number of benzene rings is 2. The Hall–Kier alpha value is -3.03. The second-order valence-electron chi connectivity index (χ2n) is 7.38. The van der Waals surface area contributed by atoms with Gasteiger partial charge < -0.3 is 10.2 Å². The third-order valence-electron chi connectivity index (χ3n) is 5.13. The number of halogens is 3. The highest BCUT2D eigenvalue weighted by Gasteiger charge is 2.31. The summed E-state index contributed by atoms with van der Waals surface area (Å²) in [5.74, 6) is -0.457. The van der Waals surface area contributed by atoms with Gasteiger partial charge in [0.05, 0.1) is 15.4 Å². The number of sulfonamides is 1. The first-order valence-corrected chi connectivity index (χ1v) is 11.3. The van der Waals surface area contributed by atoms with Crippen molar-refractivity contribution >= 4 is 27.3 Å². The SMILES string of the molecule is O=C(CCN1CCN(S(=O)(=O)c2cccc([N+](=O)[O-])c2)CC1)Nc1cccc(C(F)(F)F)c1. The molecule has 0 aromatic heterocycles. The van der Waals surface area contributed by atoms with Crippen LogP contribution < -0.4 is 5.32 Å². The Balaban J connectivity index is 1.51. The fourth-order valence-corrected chi connectivity index (χ4v) is 4.82. The first-order valence-electron chi connectivity index (χ1n) is 9.91. The Kier molecular flexibility index (Phi) is 7.34. The first kappa shape index (κ1) is 24.6. The Morgan fingerprint density at radius 2 is 1.73 bits per heavy atom. The molecule has 1 fully saturated rings. The Labute approximate surface area is 188 Å². The number of amides is 1. The predicted molar refractivity (Wildman–Crippen MR) is 113 cm³/mol. The molecule has 33 heavy (non-hydrogen) atoms. The van der Waals surface area contributed by atoms with Crippen LogP contribution in [0.25, 0.3) is 0 Å². The van der Waals surface area contributed by atoms with E-state index < -0.39 is 32.6 Å². The van der Waals surface area contributed by atoms with Gasteiger partial charge in [-0.1, -0.05) is 12.1 Å². The van der Waals surface area contributed by atoms with Gasteiger partial charge in [-0.2, -0.15) is 17.5 Å². The smallest absolute Gasteiger partial charge is 0.326 e. The largest absolute Gasteiger partial charge is 0.416 e. The number of rotatable bonds is 7. The number of nitrogens with zero attached hydrogens (tertiary/aromatic N) is 3. The summed E-state index contributed by atoms with van der Waals surface area (Å²) in [7, 11) is -3.90. The minimum Gasteiger partial charge on any atom is -0.326 e. The van der Waals surface area contributed by atoms with Crippen LogP contribution in [0.2, 0.25) is 0 Å². The zero-order valence-electron chi connectivity index (χ0n) is 17.3. The lowest BCUT2D eigenvalue weighted by atomic mass is 10.2. The number of piperazine rings is 1. The summed E-state index contributed by atoms with van der Waals surface area (Å²) in [6.07, 6.45) is -4.49. The summed E-state index contributed by atoms with van der Waals surface area (Å²) in [5.41, 5.74) is -1.13. The van der Waals surface area contributed by atoms with Gasteiger partial charge in [-0.3, -0.25) is 14.9 Å². The summed E-state index contributed by atoms with van der Waals surface area (Å²) in [4.78, 5) is 24.1. The van der Waals surface area contributed by atoms with Gasteiger partial charge in [0.25, 0.3) is 5.69 Å². The number of nitro groups is 1. The maximum absolute atomic E-state index is 12.8. The number of hydrogen-bond acceptors (Lipinski definition) is 6. The standard InChI is InChI=1S/C20H21F3N4O5S/c21-20(22,23)15-3-1-4-16(13-15)24-19(28)7-8-25-9-11-26(12-10-25)33(31,32)18-6-2-5-17(14-18)27(29)30/h1-6,13-14H,7-12H2,(H,24,28). The van der Waals surface area contributed by atoms with Gasteiger partial charge in [-0.25, -0.2) is 8.42 Å². The van der Waals surface area contributed by atoms with Crippen molar-refractivity contribution in [1.82, 2.24) is 9.21 Å². The van der Waals surface area contributed by atoms with Crippen LogP contribution in [-0.4, -0.2) is 61.2 Å². The molecule has 0 atom stereocenters. The minimum atomic E-state index is -4.51.